The highest BCUT2D eigenvalue weighted by molar-refractivity contribution is 14.1. The van der Waals surface area contributed by atoms with Gasteiger partial charge in [-0.15, -0.1) is 0 Å². The van der Waals surface area contributed by atoms with E-state index in [1.807, 2.05) is 53.1 Å². The first-order valence-electron chi connectivity index (χ1n) is 9.35. The van der Waals surface area contributed by atoms with E-state index < -0.39 is 0 Å². The number of pyridine rings is 1. The number of benzene rings is 3. The fraction of sp³-hybridized carbons (Fsp3) is 0.0870. The molecule has 156 valence electrons. The predicted molar refractivity (Wildman–Crippen MR) is 140 cm³/mol. The third kappa shape index (κ3) is 4.45. The van der Waals surface area contributed by atoms with Crippen LogP contribution < -0.4 is 15.6 Å². The Morgan fingerprint density at radius 2 is 1.68 bits per heavy atom. The average Bonchev–Trinajstić information content (AvgIpc) is 2.76. The maximum absolute atomic E-state index is 12.8. The molecule has 0 saturated carbocycles. The van der Waals surface area contributed by atoms with Gasteiger partial charge in [0.05, 0.1) is 27.9 Å². The van der Waals surface area contributed by atoms with Gasteiger partial charge in [-0.05, 0) is 81.6 Å². The minimum atomic E-state index is -0.297. The number of amides is 1. The summed E-state index contributed by atoms with van der Waals surface area (Å²) in [7, 11) is 1.60. The first-order valence-corrected chi connectivity index (χ1v) is 11.5. The zero-order valence-electron chi connectivity index (χ0n) is 16.4. The summed E-state index contributed by atoms with van der Waals surface area (Å²) in [5.74, 6) is 0.408. The molecule has 6 nitrogen and oxygen atoms in total. The normalized spacial score (nSPS) is 11.3. The summed E-state index contributed by atoms with van der Waals surface area (Å²) >= 11 is 4.43. The Labute approximate surface area is 205 Å². The Bertz CT molecular complexity index is 1340. The molecule has 1 aromatic heterocycles. The van der Waals surface area contributed by atoms with Crippen LogP contribution >= 0.6 is 45.2 Å². The molecule has 4 aromatic rings. The SMILES string of the molecule is COc1c(I)cc(I)cc1/C=N\NC(=O)Cn1c2ccccc2c(=O)c2ccccc21. The zero-order chi connectivity index (χ0) is 22.0. The molecule has 4 rings (SSSR count). The summed E-state index contributed by atoms with van der Waals surface area (Å²) in [6.07, 6.45) is 1.57. The molecule has 0 unspecified atom stereocenters. The lowest BCUT2D eigenvalue weighted by Gasteiger charge is -2.14. The van der Waals surface area contributed by atoms with Gasteiger partial charge in [0.1, 0.15) is 12.3 Å². The van der Waals surface area contributed by atoms with Gasteiger partial charge in [0.15, 0.2) is 5.43 Å². The number of hydrogen-bond acceptors (Lipinski definition) is 4. The number of fused-ring (bicyclic) bond motifs is 2. The number of para-hydroxylation sites is 2. The lowest BCUT2D eigenvalue weighted by atomic mass is 10.1. The van der Waals surface area contributed by atoms with Gasteiger partial charge >= 0.3 is 0 Å². The minimum Gasteiger partial charge on any atom is -0.495 e. The van der Waals surface area contributed by atoms with Gasteiger partial charge < -0.3 is 9.30 Å². The second kappa shape index (κ2) is 9.35. The number of carbonyl (C=O) groups is 1. The topological polar surface area (TPSA) is 72.7 Å². The fourth-order valence-electron chi connectivity index (χ4n) is 3.49. The summed E-state index contributed by atoms with van der Waals surface area (Å²) in [5, 5.41) is 5.28. The van der Waals surface area contributed by atoms with Crippen LogP contribution in [0.4, 0.5) is 0 Å². The number of aromatic nitrogens is 1. The number of rotatable bonds is 5. The quantitative estimate of drug-likeness (QED) is 0.152. The molecule has 0 bridgehead atoms. The minimum absolute atomic E-state index is 0.0274. The van der Waals surface area contributed by atoms with Gasteiger partial charge in [-0.1, -0.05) is 24.3 Å². The van der Waals surface area contributed by atoms with Crippen LogP contribution in [0.1, 0.15) is 5.56 Å². The highest BCUT2D eigenvalue weighted by Crippen LogP contribution is 2.27. The number of carbonyl (C=O) groups excluding carboxylic acids is 1. The monoisotopic (exact) mass is 637 g/mol. The molecule has 0 aliphatic heterocycles. The van der Waals surface area contributed by atoms with Crippen LogP contribution in [0.15, 0.2) is 70.6 Å². The fourth-order valence-corrected chi connectivity index (χ4v) is 5.60. The van der Waals surface area contributed by atoms with Crippen molar-refractivity contribution in [2.75, 3.05) is 7.11 Å². The van der Waals surface area contributed by atoms with Crippen LogP contribution in [0.5, 0.6) is 5.75 Å². The molecule has 8 heteroatoms. The molecule has 0 aliphatic carbocycles. The molecule has 0 spiro atoms. The molecule has 1 amide bonds. The summed E-state index contributed by atoms with van der Waals surface area (Å²) in [6, 6.07) is 18.5. The molecule has 1 heterocycles. The van der Waals surface area contributed by atoms with Crippen molar-refractivity contribution in [3.8, 4) is 5.75 Å². The van der Waals surface area contributed by atoms with Crippen molar-refractivity contribution in [3.05, 3.63) is 83.6 Å². The molecule has 0 saturated heterocycles. The molecule has 0 radical (unpaired) electrons. The van der Waals surface area contributed by atoms with Crippen molar-refractivity contribution in [2.24, 2.45) is 5.10 Å². The van der Waals surface area contributed by atoms with E-state index in [4.69, 9.17) is 4.74 Å². The largest absolute Gasteiger partial charge is 0.495 e. The van der Waals surface area contributed by atoms with Crippen LogP contribution in [0, 0.1) is 7.14 Å². The molecule has 0 aliphatic rings. The van der Waals surface area contributed by atoms with E-state index in [0.29, 0.717) is 27.6 Å². The lowest BCUT2D eigenvalue weighted by molar-refractivity contribution is -0.121. The van der Waals surface area contributed by atoms with E-state index in [1.165, 1.54) is 0 Å². The van der Waals surface area contributed by atoms with E-state index in [1.54, 1.807) is 25.5 Å². The van der Waals surface area contributed by atoms with Gasteiger partial charge in [0.25, 0.3) is 5.91 Å². The van der Waals surface area contributed by atoms with Crippen molar-refractivity contribution in [3.63, 3.8) is 0 Å². The first-order chi connectivity index (χ1) is 15.0. The third-order valence-corrected chi connectivity index (χ3v) is 6.24. The van der Waals surface area contributed by atoms with Gasteiger partial charge in [-0.25, -0.2) is 5.43 Å². The summed E-state index contributed by atoms with van der Waals surface area (Å²) in [6.45, 7) is 0.0274. The summed E-state index contributed by atoms with van der Waals surface area (Å²) in [4.78, 5) is 25.5. The van der Waals surface area contributed by atoms with Crippen molar-refractivity contribution in [2.45, 2.75) is 6.54 Å². The standard InChI is InChI=1S/C23H17I2N3O3/c1-31-23-14(10-15(24)11-18(23)25)12-26-27-21(29)13-28-19-8-4-2-6-16(19)22(30)17-7-3-5-9-20(17)28/h2-12H,13H2,1H3,(H,27,29)/b26-12-. The average molecular weight is 637 g/mol. The predicted octanol–water partition coefficient (Wildman–Crippen LogP) is 4.52. The lowest BCUT2D eigenvalue weighted by Crippen LogP contribution is -2.25. The van der Waals surface area contributed by atoms with Crippen molar-refractivity contribution < 1.29 is 9.53 Å². The van der Waals surface area contributed by atoms with Crippen LogP contribution in [0.3, 0.4) is 0 Å². The zero-order valence-corrected chi connectivity index (χ0v) is 20.7. The Balaban J connectivity index is 1.65. The molecular weight excluding hydrogens is 620 g/mol. The maximum Gasteiger partial charge on any atom is 0.260 e. The Morgan fingerprint density at radius 3 is 2.29 bits per heavy atom. The van der Waals surface area contributed by atoms with Gasteiger partial charge in [-0.2, -0.15) is 5.10 Å². The first kappa shape index (κ1) is 21.8. The number of hydrazone groups is 1. The Morgan fingerprint density at radius 1 is 1.06 bits per heavy atom. The van der Waals surface area contributed by atoms with E-state index in [0.717, 1.165) is 12.7 Å². The summed E-state index contributed by atoms with van der Waals surface area (Å²) < 4.78 is 9.29. The molecule has 3 aromatic carbocycles. The van der Waals surface area contributed by atoms with Crippen molar-refractivity contribution >= 4 is 79.1 Å². The number of halogens is 2. The van der Waals surface area contributed by atoms with Crippen LogP contribution in [0.2, 0.25) is 0 Å². The highest BCUT2D eigenvalue weighted by atomic mass is 127. The van der Waals surface area contributed by atoms with Gasteiger partial charge in [0.2, 0.25) is 0 Å². The molecule has 31 heavy (non-hydrogen) atoms. The number of nitrogens with one attached hydrogen (secondary N) is 1. The van der Waals surface area contributed by atoms with E-state index in [9.17, 15) is 9.59 Å². The summed E-state index contributed by atoms with van der Waals surface area (Å²) in [5.41, 5.74) is 4.74. The molecule has 0 atom stereocenters. The number of ether oxygens (including phenoxy) is 1. The van der Waals surface area contributed by atoms with Gasteiger partial charge in [-0.3, -0.25) is 9.59 Å². The van der Waals surface area contributed by atoms with Crippen LogP contribution in [-0.2, 0) is 11.3 Å². The van der Waals surface area contributed by atoms with E-state index >= 15 is 0 Å². The highest BCUT2D eigenvalue weighted by Gasteiger charge is 2.13. The third-order valence-electron chi connectivity index (χ3n) is 4.81. The number of methoxy groups -OCH3 is 1. The Hall–Kier alpha value is -2.47. The second-order valence-corrected chi connectivity index (χ2v) is 9.16. The van der Waals surface area contributed by atoms with Crippen molar-refractivity contribution in [1.82, 2.24) is 9.99 Å². The van der Waals surface area contributed by atoms with E-state index in [-0.39, 0.29) is 17.9 Å². The van der Waals surface area contributed by atoms with Gasteiger partial charge in [0, 0.05) is 19.9 Å². The molecule has 1 N–H and O–H groups in total. The van der Waals surface area contributed by atoms with Crippen LogP contribution in [0.25, 0.3) is 21.8 Å². The number of hydrogen-bond donors (Lipinski definition) is 1. The van der Waals surface area contributed by atoms with Crippen LogP contribution in [-0.4, -0.2) is 23.8 Å². The molecular formula is C23H17I2N3O3. The smallest absolute Gasteiger partial charge is 0.260 e. The Kier molecular flexibility index (Phi) is 6.56. The molecule has 0 fully saturated rings. The maximum atomic E-state index is 12.8. The van der Waals surface area contributed by atoms with Crippen molar-refractivity contribution in [1.29, 1.82) is 0 Å². The number of nitrogens with zero attached hydrogens (tertiary/aromatic N) is 2. The second-order valence-electron chi connectivity index (χ2n) is 6.75. The van der Waals surface area contributed by atoms with E-state index in [2.05, 4.69) is 55.7 Å².